The number of hydrogen-bond acceptors (Lipinski definition) is 2. The second-order valence-corrected chi connectivity index (χ2v) is 4.00. The van der Waals surface area contributed by atoms with Crippen molar-refractivity contribution >= 4 is 11.6 Å². The van der Waals surface area contributed by atoms with Crippen LogP contribution in [0.25, 0.3) is 0 Å². The van der Waals surface area contributed by atoms with Crippen LogP contribution in [0.5, 0.6) is 0 Å². The zero-order valence-corrected chi connectivity index (χ0v) is 8.09. The van der Waals surface area contributed by atoms with Gasteiger partial charge in [0.1, 0.15) is 5.15 Å². The maximum Gasteiger partial charge on any atom is 0.129 e. The summed E-state index contributed by atoms with van der Waals surface area (Å²) in [6.07, 6.45) is 5.55. The highest BCUT2D eigenvalue weighted by Gasteiger charge is 2.32. The molecule has 0 aliphatic heterocycles. The zero-order chi connectivity index (χ0) is 9.31. The molecule has 2 rings (SSSR count). The fourth-order valence-electron chi connectivity index (χ4n) is 1.90. The van der Waals surface area contributed by atoms with Crippen molar-refractivity contribution in [2.24, 2.45) is 0 Å². The lowest BCUT2D eigenvalue weighted by Gasteiger charge is -2.21. The minimum absolute atomic E-state index is 0.477. The third-order valence-corrected chi connectivity index (χ3v) is 2.92. The van der Waals surface area contributed by atoms with Gasteiger partial charge in [0.05, 0.1) is 5.60 Å². The van der Waals surface area contributed by atoms with Crippen LogP contribution in [-0.4, -0.2) is 10.1 Å². The zero-order valence-electron chi connectivity index (χ0n) is 7.33. The molecule has 0 saturated heterocycles. The van der Waals surface area contributed by atoms with Gasteiger partial charge in [-0.1, -0.05) is 30.5 Å². The van der Waals surface area contributed by atoms with Crippen LogP contribution in [-0.2, 0) is 5.60 Å². The molecule has 0 spiro atoms. The Labute approximate surface area is 82.6 Å². The fourth-order valence-corrected chi connectivity index (χ4v) is 2.01. The number of nitrogens with zero attached hydrogens (tertiary/aromatic N) is 1. The van der Waals surface area contributed by atoms with E-state index in [4.69, 9.17) is 11.6 Å². The molecule has 1 N–H and O–H groups in total. The maximum atomic E-state index is 10.2. The van der Waals surface area contributed by atoms with Crippen molar-refractivity contribution in [1.82, 2.24) is 4.98 Å². The fraction of sp³-hybridized carbons (Fsp3) is 0.500. The normalized spacial score (nSPS) is 20.5. The molecule has 0 aromatic carbocycles. The topological polar surface area (TPSA) is 33.1 Å². The predicted molar refractivity (Wildman–Crippen MR) is 51.6 cm³/mol. The van der Waals surface area contributed by atoms with Crippen molar-refractivity contribution in [3.05, 3.63) is 29.0 Å². The highest BCUT2D eigenvalue weighted by Crippen LogP contribution is 2.38. The van der Waals surface area contributed by atoms with Crippen LogP contribution in [0.3, 0.4) is 0 Å². The van der Waals surface area contributed by atoms with Crippen molar-refractivity contribution in [3.63, 3.8) is 0 Å². The summed E-state index contributed by atoms with van der Waals surface area (Å²) in [4.78, 5) is 3.97. The Morgan fingerprint density at radius 1 is 1.31 bits per heavy atom. The quantitative estimate of drug-likeness (QED) is 0.702. The molecular formula is C10H12ClNO. The molecule has 0 atom stereocenters. The van der Waals surface area contributed by atoms with Gasteiger partial charge in [-0.15, -0.1) is 0 Å². The number of aromatic nitrogens is 1. The Morgan fingerprint density at radius 3 is 2.54 bits per heavy atom. The first-order valence-electron chi connectivity index (χ1n) is 4.55. The molecule has 0 amide bonds. The van der Waals surface area contributed by atoms with E-state index >= 15 is 0 Å². The SMILES string of the molecule is OC1(c2ccc(Cl)nc2)CCCC1. The summed E-state index contributed by atoms with van der Waals surface area (Å²) in [5, 5.41) is 10.6. The number of hydrogen-bond donors (Lipinski definition) is 1. The summed E-state index contributed by atoms with van der Waals surface area (Å²) in [5.74, 6) is 0. The van der Waals surface area contributed by atoms with E-state index in [9.17, 15) is 5.11 Å². The van der Waals surface area contributed by atoms with E-state index in [0.29, 0.717) is 5.15 Å². The summed E-state index contributed by atoms with van der Waals surface area (Å²) in [7, 11) is 0. The van der Waals surface area contributed by atoms with Gasteiger partial charge in [0, 0.05) is 11.8 Å². The van der Waals surface area contributed by atoms with Crippen LogP contribution < -0.4 is 0 Å². The summed E-state index contributed by atoms with van der Waals surface area (Å²) in [6.45, 7) is 0. The third kappa shape index (κ3) is 1.69. The third-order valence-electron chi connectivity index (χ3n) is 2.70. The lowest BCUT2D eigenvalue weighted by Crippen LogP contribution is -2.20. The van der Waals surface area contributed by atoms with Gasteiger partial charge in [-0.25, -0.2) is 4.98 Å². The van der Waals surface area contributed by atoms with Crippen LogP contribution in [0.15, 0.2) is 18.3 Å². The lowest BCUT2D eigenvalue weighted by atomic mass is 9.94. The van der Waals surface area contributed by atoms with E-state index in [0.717, 1.165) is 31.2 Å². The highest BCUT2D eigenvalue weighted by molar-refractivity contribution is 6.29. The standard InChI is InChI=1S/C10H12ClNO/c11-9-4-3-8(7-12-9)10(13)5-1-2-6-10/h3-4,7,13H,1-2,5-6H2. The first-order chi connectivity index (χ1) is 6.21. The average molecular weight is 198 g/mol. The van der Waals surface area contributed by atoms with E-state index < -0.39 is 5.60 Å². The maximum absolute atomic E-state index is 10.2. The summed E-state index contributed by atoms with van der Waals surface area (Å²) in [5.41, 5.74) is 0.256. The van der Waals surface area contributed by atoms with Crippen molar-refractivity contribution in [3.8, 4) is 0 Å². The predicted octanol–water partition coefficient (Wildman–Crippen LogP) is 2.50. The van der Waals surface area contributed by atoms with Gasteiger partial charge in [0.15, 0.2) is 0 Å². The van der Waals surface area contributed by atoms with Gasteiger partial charge >= 0.3 is 0 Å². The Balaban J connectivity index is 2.29. The van der Waals surface area contributed by atoms with Crippen LogP contribution in [0, 0.1) is 0 Å². The van der Waals surface area contributed by atoms with Crippen LogP contribution in [0.1, 0.15) is 31.2 Å². The van der Waals surface area contributed by atoms with Gasteiger partial charge in [-0.2, -0.15) is 0 Å². The molecule has 13 heavy (non-hydrogen) atoms. The highest BCUT2D eigenvalue weighted by atomic mass is 35.5. The van der Waals surface area contributed by atoms with E-state index in [1.165, 1.54) is 0 Å². The van der Waals surface area contributed by atoms with E-state index in [1.807, 2.05) is 6.07 Å². The Bertz CT molecular complexity index is 290. The van der Waals surface area contributed by atoms with Gasteiger partial charge in [0.2, 0.25) is 0 Å². The number of rotatable bonds is 1. The molecule has 2 nitrogen and oxygen atoms in total. The van der Waals surface area contributed by atoms with Crippen LogP contribution in [0.2, 0.25) is 5.15 Å². The van der Waals surface area contributed by atoms with Crippen molar-refractivity contribution in [1.29, 1.82) is 0 Å². The number of pyridine rings is 1. The number of halogens is 1. The van der Waals surface area contributed by atoms with E-state index in [1.54, 1.807) is 12.3 Å². The van der Waals surface area contributed by atoms with E-state index in [2.05, 4.69) is 4.98 Å². The molecule has 0 radical (unpaired) electrons. The van der Waals surface area contributed by atoms with Crippen LogP contribution >= 0.6 is 11.6 Å². The summed E-state index contributed by atoms with van der Waals surface area (Å²) >= 11 is 5.67. The van der Waals surface area contributed by atoms with Gasteiger partial charge < -0.3 is 5.11 Å². The molecular weight excluding hydrogens is 186 g/mol. The lowest BCUT2D eigenvalue weighted by molar-refractivity contribution is 0.0441. The van der Waals surface area contributed by atoms with E-state index in [-0.39, 0.29) is 0 Å². The number of aliphatic hydroxyl groups is 1. The molecule has 1 saturated carbocycles. The van der Waals surface area contributed by atoms with Gasteiger partial charge in [0.25, 0.3) is 0 Å². The van der Waals surface area contributed by atoms with Gasteiger partial charge in [-0.3, -0.25) is 0 Å². The minimum Gasteiger partial charge on any atom is -0.385 e. The Hall–Kier alpha value is -0.600. The first-order valence-corrected chi connectivity index (χ1v) is 4.93. The van der Waals surface area contributed by atoms with Crippen LogP contribution in [0.4, 0.5) is 0 Å². The summed E-state index contributed by atoms with van der Waals surface area (Å²) < 4.78 is 0. The Kier molecular flexibility index (Phi) is 2.26. The Morgan fingerprint density at radius 2 is 2.00 bits per heavy atom. The molecule has 1 heterocycles. The molecule has 70 valence electrons. The van der Waals surface area contributed by atoms with Crippen molar-refractivity contribution < 1.29 is 5.11 Å². The monoisotopic (exact) mass is 197 g/mol. The molecule has 1 aliphatic rings. The second-order valence-electron chi connectivity index (χ2n) is 3.61. The average Bonchev–Trinajstić information content (AvgIpc) is 2.54. The first kappa shape index (κ1) is 8.97. The second kappa shape index (κ2) is 3.28. The molecule has 1 aromatic rings. The molecule has 3 heteroatoms. The molecule has 0 bridgehead atoms. The van der Waals surface area contributed by atoms with Gasteiger partial charge in [-0.05, 0) is 18.9 Å². The summed E-state index contributed by atoms with van der Waals surface area (Å²) in [6, 6.07) is 3.59. The molecule has 1 aliphatic carbocycles. The van der Waals surface area contributed by atoms with Crippen molar-refractivity contribution in [2.45, 2.75) is 31.3 Å². The molecule has 1 aromatic heterocycles. The molecule has 1 fully saturated rings. The largest absolute Gasteiger partial charge is 0.385 e. The minimum atomic E-state index is -0.641. The molecule has 0 unspecified atom stereocenters. The van der Waals surface area contributed by atoms with Crippen molar-refractivity contribution in [2.75, 3.05) is 0 Å². The smallest absolute Gasteiger partial charge is 0.129 e.